The van der Waals surface area contributed by atoms with Gasteiger partial charge in [0.15, 0.2) is 5.82 Å². The maximum atomic E-state index is 12.8. The molecule has 8 heteroatoms. The number of aromatic nitrogens is 3. The molecule has 3 heterocycles. The molecule has 0 saturated carbocycles. The van der Waals surface area contributed by atoms with E-state index in [9.17, 15) is 9.59 Å². The fourth-order valence-electron chi connectivity index (χ4n) is 2.83. The van der Waals surface area contributed by atoms with Crippen molar-refractivity contribution in [3.8, 4) is 5.82 Å². The van der Waals surface area contributed by atoms with Crippen LogP contribution < -0.4 is 10.6 Å². The molecule has 0 aromatic carbocycles. The Balaban J connectivity index is 1.85. The monoisotopic (exact) mass is 411 g/mol. The molecule has 0 spiro atoms. The van der Waals surface area contributed by atoms with Crippen LogP contribution in [-0.4, -0.2) is 26.6 Å². The number of nitrogens with one attached hydrogen (secondary N) is 2. The van der Waals surface area contributed by atoms with Gasteiger partial charge in [0, 0.05) is 29.5 Å². The summed E-state index contributed by atoms with van der Waals surface area (Å²) in [5, 5.41) is 12.4. The number of hydrogen-bond donors (Lipinski definition) is 2. The maximum Gasteiger partial charge on any atom is 0.227 e. The molecule has 0 bridgehead atoms. The van der Waals surface area contributed by atoms with Gasteiger partial charge in [0.2, 0.25) is 11.8 Å². The average molecular weight is 412 g/mol. The van der Waals surface area contributed by atoms with Gasteiger partial charge in [-0.05, 0) is 23.6 Å². The summed E-state index contributed by atoms with van der Waals surface area (Å²) in [7, 11) is 0. The zero-order valence-electron chi connectivity index (χ0n) is 17.0. The summed E-state index contributed by atoms with van der Waals surface area (Å²) in [4.78, 5) is 29.7. The fourth-order valence-corrected chi connectivity index (χ4v) is 3.61. The Hall–Kier alpha value is -3.00. The average Bonchev–Trinajstić information content (AvgIpc) is 3.31. The van der Waals surface area contributed by atoms with Gasteiger partial charge in [-0.15, -0.1) is 11.3 Å². The standard InChI is InChI=1S/C21H25N5O2S/c1-14(27)23-15(16-8-7-11-29-16)12-20(28)24-19-13-17(21(2,3)4)25-26(19)18-9-5-6-10-22-18/h5-11,13,15H,12H2,1-4H3,(H,23,27)(H,24,28). The highest BCUT2D eigenvalue weighted by Crippen LogP contribution is 2.27. The van der Waals surface area contributed by atoms with E-state index in [1.165, 1.54) is 18.3 Å². The summed E-state index contributed by atoms with van der Waals surface area (Å²) >= 11 is 1.51. The molecule has 0 aliphatic rings. The molecule has 1 atom stereocenters. The quantitative estimate of drug-likeness (QED) is 0.645. The highest BCUT2D eigenvalue weighted by Gasteiger charge is 2.23. The summed E-state index contributed by atoms with van der Waals surface area (Å²) in [5.41, 5.74) is 0.657. The molecule has 0 fully saturated rings. The fraction of sp³-hybridized carbons (Fsp3) is 0.333. The molecule has 3 rings (SSSR count). The number of carbonyl (C=O) groups excluding carboxylic acids is 2. The van der Waals surface area contributed by atoms with Crippen LogP contribution >= 0.6 is 11.3 Å². The summed E-state index contributed by atoms with van der Waals surface area (Å²) < 4.78 is 1.64. The highest BCUT2D eigenvalue weighted by molar-refractivity contribution is 7.10. The van der Waals surface area contributed by atoms with Gasteiger partial charge in [-0.1, -0.05) is 32.9 Å². The third kappa shape index (κ3) is 5.29. The molecule has 2 N–H and O–H groups in total. The predicted octanol–water partition coefficient (Wildman–Crippen LogP) is 3.83. The Morgan fingerprint density at radius 1 is 1.21 bits per heavy atom. The van der Waals surface area contributed by atoms with Crippen LogP contribution in [0.4, 0.5) is 5.82 Å². The molecule has 0 aliphatic heterocycles. The summed E-state index contributed by atoms with van der Waals surface area (Å²) in [6.07, 6.45) is 1.81. The second kappa shape index (κ2) is 8.57. The summed E-state index contributed by atoms with van der Waals surface area (Å²) in [5.74, 6) is 0.779. The Bertz CT molecular complexity index is 974. The van der Waals surface area contributed by atoms with Crippen molar-refractivity contribution in [2.75, 3.05) is 5.32 Å². The molecule has 0 aliphatic carbocycles. The van der Waals surface area contributed by atoms with E-state index >= 15 is 0 Å². The SMILES string of the molecule is CC(=O)NC(CC(=O)Nc1cc(C(C)(C)C)nn1-c1ccccn1)c1cccs1. The van der Waals surface area contributed by atoms with E-state index in [0.717, 1.165) is 10.6 Å². The molecule has 152 valence electrons. The van der Waals surface area contributed by atoms with Gasteiger partial charge in [-0.2, -0.15) is 9.78 Å². The molecule has 2 amide bonds. The lowest BCUT2D eigenvalue weighted by molar-refractivity contribution is -0.120. The van der Waals surface area contributed by atoms with Crippen molar-refractivity contribution < 1.29 is 9.59 Å². The van der Waals surface area contributed by atoms with Crippen molar-refractivity contribution in [2.45, 2.75) is 45.6 Å². The first-order valence-electron chi connectivity index (χ1n) is 9.36. The number of pyridine rings is 1. The van der Waals surface area contributed by atoms with Gasteiger partial charge in [0.1, 0.15) is 5.82 Å². The second-order valence-corrected chi connectivity index (χ2v) is 8.76. The molecule has 3 aromatic heterocycles. The smallest absolute Gasteiger partial charge is 0.227 e. The minimum Gasteiger partial charge on any atom is -0.348 e. The van der Waals surface area contributed by atoms with Gasteiger partial charge in [0.05, 0.1) is 18.2 Å². The Morgan fingerprint density at radius 3 is 2.59 bits per heavy atom. The third-order valence-corrected chi connectivity index (χ3v) is 5.25. The largest absolute Gasteiger partial charge is 0.348 e. The van der Waals surface area contributed by atoms with Crippen LogP contribution in [-0.2, 0) is 15.0 Å². The zero-order chi connectivity index (χ0) is 21.0. The first kappa shape index (κ1) is 20.7. The number of hydrogen-bond acceptors (Lipinski definition) is 5. The van der Waals surface area contributed by atoms with Crippen LogP contribution in [0.3, 0.4) is 0 Å². The van der Waals surface area contributed by atoms with Crippen molar-refractivity contribution in [3.63, 3.8) is 0 Å². The maximum absolute atomic E-state index is 12.8. The third-order valence-electron chi connectivity index (χ3n) is 4.27. The number of carbonyl (C=O) groups is 2. The normalized spacial score (nSPS) is 12.4. The second-order valence-electron chi connectivity index (χ2n) is 7.79. The van der Waals surface area contributed by atoms with Gasteiger partial charge < -0.3 is 10.6 Å². The molecule has 0 saturated heterocycles. The zero-order valence-corrected chi connectivity index (χ0v) is 17.8. The number of anilines is 1. The molecular weight excluding hydrogens is 386 g/mol. The van der Waals surface area contributed by atoms with Gasteiger partial charge >= 0.3 is 0 Å². The highest BCUT2D eigenvalue weighted by atomic mass is 32.1. The van der Waals surface area contributed by atoms with Crippen molar-refractivity contribution in [2.24, 2.45) is 0 Å². The molecule has 0 radical (unpaired) electrons. The summed E-state index contributed by atoms with van der Waals surface area (Å²) in [6, 6.07) is 10.8. The van der Waals surface area contributed by atoms with Gasteiger partial charge in [-0.25, -0.2) is 4.98 Å². The molecule has 7 nitrogen and oxygen atoms in total. The Labute approximate surface area is 174 Å². The first-order chi connectivity index (χ1) is 13.7. The van der Waals surface area contributed by atoms with Crippen molar-refractivity contribution in [3.05, 3.63) is 58.5 Å². The van der Waals surface area contributed by atoms with Crippen LogP contribution in [0.2, 0.25) is 0 Å². The Morgan fingerprint density at radius 2 is 2.00 bits per heavy atom. The van der Waals surface area contributed by atoms with Crippen LogP contribution in [0.5, 0.6) is 0 Å². The van der Waals surface area contributed by atoms with Crippen LogP contribution in [0.25, 0.3) is 5.82 Å². The minimum atomic E-state index is -0.374. The van der Waals surface area contributed by atoms with Crippen LogP contribution in [0.1, 0.15) is 50.7 Å². The predicted molar refractivity (Wildman–Crippen MR) is 114 cm³/mol. The molecule has 3 aromatic rings. The molecule has 29 heavy (non-hydrogen) atoms. The lowest BCUT2D eigenvalue weighted by atomic mass is 9.92. The Kier molecular flexibility index (Phi) is 6.12. The van der Waals surface area contributed by atoms with Gasteiger partial charge in [-0.3, -0.25) is 9.59 Å². The van der Waals surface area contributed by atoms with Gasteiger partial charge in [0.25, 0.3) is 0 Å². The van der Waals surface area contributed by atoms with E-state index < -0.39 is 0 Å². The first-order valence-corrected chi connectivity index (χ1v) is 10.2. The van der Waals surface area contributed by atoms with Crippen molar-refractivity contribution in [1.82, 2.24) is 20.1 Å². The molecule has 1 unspecified atom stereocenters. The lowest BCUT2D eigenvalue weighted by Crippen LogP contribution is -2.29. The van der Waals surface area contributed by atoms with E-state index in [2.05, 4.69) is 41.5 Å². The van der Waals surface area contributed by atoms with Crippen LogP contribution in [0.15, 0.2) is 48.0 Å². The van der Waals surface area contributed by atoms with E-state index in [4.69, 9.17) is 0 Å². The van der Waals surface area contributed by atoms with E-state index in [0.29, 0.717) is 11.6 Å². The van der Waals surface area contributed by atoms with E-state index in [-0.39, 0.29) is 29.7 Å². The van der Waals surface area contributed by atoms with Crippen molar-refractivity contribution >= 4 is 29.0 Å². The number of rotatable bonds is 6. The minimum absolute atomic E-state index is 0.123. The number of thiophene rings is 1. The molecular formula is C21H25N5O2S. The van der Waals surface area contributed by atoms with E-state index in [1.54, 1.807) is 10.9 Å². The van der Waals surface area contributed by atoms with Crippen molar-refractivity contribution in [1.29, 1.82) is 0 Å². The number of nitrogens with zero attached hydrogens (tertiary/aromatic N) is 3. The topological polar surface area (TPSA) is 88.9 Å². The number of amides is 2. The van der Waals surface area contributed by atoms with E-state index in [1.807, 2.05) is 41.8 Å². The summed E-state index contributed by atoms with van der Waals surface area (Å²) in [6.45, 7) is 7.64. The lowest BCUT2D eigenvalue weighted by Gasteiger charge is -2.16. The van der Waals surface area contributed by atoms with Crippen LogP contribution in [0, 0.1) is 0 Å².